The monoisotopic (exact) mass is 353 g/mol. The van der Waals surface area contributed by atoms with E-state index in [0.717, 1.165) is 4.31 Å². The molecule has 0 bridgehead atoms. The summed E-state index contributed by atoms with van der Waals surface area (Å²) >= 11 is 6.00. The number of sulfonamides is 1. The lowest BCUT2D eigenvalue weighted by Crippen LogP contribution is -2.22. The minimum absolute atomic E-state index is 0.0170. The summed E-state index contributed by atoms with van der Waals surface area (Å²) in [7, 11) is -0.746. The van der Waals surface area contributed by atoms with Crippen LogP contribution in [0.25, 0.3) is 0 Å². The maximum absolute atomic E-state index is 12.1. The molecule has 0 heterocycles. The average Bonchev–Trinajstić information content (AvgIpc) is 2.53. The highest BCUT2D eigenvalue weighted by Gasteiger charge is 2.19. The molecule has 0 aliphatic rings. The lowest BCUT2D eigenvalue weighted by atomic mass is 10.2. The van der Waals surface area contributed by atoms with Gasteiger partial charge in [0.2, 0.25) is 10.0 Å². The van der Waals surface area contributed by atoms with E-state index in [2.05, 4.69) is 0 Å². The molecule has 0 fully saturated rings. The van der Waals surface area contributed by atoms with Gasteiger partial charge in [0, 0.05) is 24.7 Å². The van der Waals surface area contributed by atoms with Crippen molar-refractivity contribution in [3.63, 3.8) is 0 Å². The van der Waals surface area contributed by atoms with Gasteiger partial charge in [-0.2, -0.15) is 0 Å². The summed E-state index contributed by atoms with van der Waals surface area (Å²) in [4.78, 5) is 12.1. The van der Waals surface area contributed by atoms with E-state index >= 15 is 0 Å². The van der Waals surface area contributed by atoms with Gasteiger partial charge in [-0.05, 0) is 24.3 Å². The fraction of sp³-hybridized carbons (Fsp3) is 0.188. The Balaban J connectivity index is 2.16. The largest absolute Gasteiger partial charge is 0.457 e. The van der Waals surface area contributed by atoms with Crippen LogP contribution in [0.15, 0.2) is 53.4 Å². The van der Waals surface area contributed by atoms with Crippen LogP contribution >= 0.6 is 11.6 Å². The van der Waals surface area contributed by atoms with Crippen LogP contribution in [0.1, 0.15) is 15.9 Å². The van der Waals surface area contributed by atoms with E-state index in [9.17, 15) is 13.2 Å². The number of rotatable bonds is 5. The Morgan fingerprint density at radius 1 is 1.13 bits per heavy atom. The van der Waals surface area contributed by atoms with E-state index in [1.54, 1.807) is 24.3 Å². The van der Waals surface area contributed by atoms with Crippen molar-refractivity contribution >= 4 is 27.6 Å². The fourth-order valence-corrected chi connectivity index (χ4v) is 2.97. The van der Waals surface area contributed by atoms with E-state index in [0.29, 0.717) is 10.6 Å². The van der Waals surface area contributed by atoms with Gasteiger partial charge < -0.3 is 4.74 Å². The number of halogens is 1. The SMILES string of the molecule is CN(C)S(=O)(=O)c1cccc(C(=O)OCc2ccccc2Cl)c1. The molecule has 5 nitrogen and oxygen atoms in total. The molecule has 0 spiro atoms. The first-order valence-corrected chi connectivity index (χ1v) is 8.57. The minimum atomic E-state index is -3.60. The number of hydrogen-bond acceptors (Lipinski definition) is 4. The molecule has 2 aromatic carbocycles. The highest BCUT2D eigenvalue weighted by molar-refractivity contribution is 7.89. The molecule has 122 valence electrons. The van der Waals surface area contributed by atoms with Crippen LogP contribution in [0.4, 0.5) is 0 Å². The van der Waals surface area contributed by atoms with Gasteiger partial charge in [-0.15, -0.1) is 0 Å². The molecule has 2 rings (SSSR count). The Hall–Kier alpha value is -1.89. The molecule has 0 radical (unpaired) electrons. The van der Waals surface area contributed by atoms with Crippen LogP contribution in [0, 0.1) is 0 Å². The molecule has 23 heavy (non-hydrogen) atoms. The zero-order chi connectivity index (χ0) is 17.0. The average molecular weight is 354 g/mol. The van der Waals surface area contributed by atoms with Crippen molar-refractivity contribution in [1.29, 1.82) is 0 Å². The molecule has 0 unspecified atom stereocenters. The third kappa shape index (κ3) is 4.10. The summed E-state index contributed by atoms with van der Waals surface area (Å²) in [6, 6.07) is 12.8. The van der Waals surface area contributed by atoms with Crippen molar-refractivity contribution in [3.05, 3.63) is 64.7 Å². The highest BCUT2D eigenvalue weighted by atomic mass is 35.5. The molecule has 2 aromatic rings. The van der Waals surface area contributed by atoms with Crippen molar-refractivity contribution in [2.45, 2.75) is 11.5 Å². The second-order valence-electron chi connectivity index (χ2n) is 4.98. The molecule has 0 N–H and O–H groups in total. The first kappa shape index (κ1) is 17.5. The number of nitrogens with zero attached hydrogens (tertiary/aromatic N) is 1. The first-order chi connectivity index (χ1) is 10.8. The molecular formula is C16H16ClNO4S. The molecular weight excluding hydrogens is 338 g/mol. The molecule has 0 aliphatic carbocycles. The van der Waals surface area contributed by atoms with Gasteiger partial charge in [-0.25, -0.2) is 17.5 Å². The maximum Gasteiger partial charge on any atom is 0.338 e. The zero-order valence-electron chi connectivity index (χ0n) is 12.7. The van der Waals surface area contributed by atoms with Crippen LogP contribution in [0.3, 0.4) is 0 Å². The molecule has 0 aliphatic heterocycles. The number of hydrogen-bond donors (Lipinski definition) is 0. The summed E-state index contributed by atoms with van der Waals surface area (Å²) < 4.78 is 30.5. The second-order valence-corrected chi connectivity index (χ2v) is 7.54. The van der Waals surface area contributed by atoms with Crippen molar-refractivity contribution in [2.75, 3.05) is 14.1 Å². The van der Waals surface area contributed by atoms with E-state index in [1.165, 1.54) is 38.4 Å². The molecule has 0 saturated heterocycles. The third-order valence-corrected chi connectivity index (χ3v) is 5.34. The Kier molecular flexibility index (Phi) is 5.41. The van der Waals surface area contributed by atoms with Gasteiger partial charge in [0.05, 0.1) is 10.5 Å². The van der Waals surface area contributed by atoms with Gasteiger partial charge >= 0.3 is 5.97 Å². The van der Waals surface area contributed by atoms with E-state index < -0.39 is 16.0 Å². The molecule has 7 heteroatoms. The van der Waals surface area contributed by atoms with Gasteiger partial charge in [-0.3, -0.25) is 0 Å². The van der Waals surface area contributed by atoms with E-state index in [4.69, 9.17) is 16.3 Å². The van der Waals surface area contributed by atoms with Crippen LogP contribution in [0.5, 0.6) is 0 Å². The lowest BCUT2D eigenvalue weighted by Gasteiger charge is -2.12. The van der Waals surface area contributed by atoms with E-state index in [1.807, 2.05) is 0 Å². The van der Waals surface area contributed by atoms with Gasteiger partial charge in [-0.1, -0.05) is 35.9 Å². The first-order valence-electron chi connectivity index (χ1n) is 6.75. The quantitative estimate of drug-likeness (QED) is 0.775. The summed E-state index contributed by atoms with van der Waals surface area (Å²) in [5, 5.41) is 0.504. The highest BCUT2D eigenvalue weighted by Crippen LogP contribution is 2.18. The molecule has 0 amide bonds. The fourth-order valence-electron chi connectivity index (χ4n) is 1.84. The Bertz CT molecular complexity index is 818. The smallest absolute Gasteiger partial charge is 0.338 e. The van der Waals surface area contributed by atoms with Crippen molar-refractivity contribution in [2.24, 2.45) is 0 Å². The summed E-state index contributed by atoms with van der Waals surface area (Å²) in [5.41, 5.74) is 0.847. The molecule has 0 saturated carbocycles. The van der Waals surface area contributed by atoms with Gasteiger partial charge in [0.1, 0.15) is 6.61 Å². The minimum Gasteiger partial charge on any atom is -0.457 e. The Labute approximate surface area is 140 Å². The Morgan fingerprint density at radius 2 is 1.83 bits per heavy atom. The summed E-state index contributed by atoms with van der Waals surface area (Å²) in [6.45, 7) is 0.0170. The van der Waals surface area contributed by atoms with Crippen molar-refractivity contribution in [1.82, 2.24) is 4.31 Å². The van der Waals surface area contributed by atoms with Crippen LogP contribution in [-0.2, 0) is 21.4 Å². The van der Waals surface area contributed by atoms with Crippen LogP contribution < -0.4 is 0 Å². The molecule has 0 atom stereocenters. The van der Waals surface area contributed by atoms with Gasteiger partial charge in [0.15, 0.2) is 0 Å². The summed E-state index contributed by atoms with van der Waals surface area (Å²) in [5.74, 6) is -0.610. The van der Waals surface area contributed by atoms with Crippen molar-refractivity contribution in [3.8, 4) is 0 Å². The predicted octanol–water partition coefficient (Wildman–Crippen LogP) is 2.95. The van der Waals surface area contributed by atoms with Gasteiger partial charge in [0.25, 0.3) is 0 Å². The number of carbonyl (C=O) groups is 1. The van der Waals surface area contributed by atoms with Crippen molar-refractivity contribution < 1.29 is 17.9 Å². The zero-order valence-corrected chi connectivity index (χ0v) is 14.3. The second kappa shape index (κ2) is 7.12. The molecule has 0 aromatic heterocycles. The summed E-state index contributed by atoms with van der Waals surface area (Å²) in [6.07, 6.45) is 0. The lowest BCUT2D eigenvalue weighted by molar-refractivity contribution is 0.0472. The standard InChI is InChI=1S/C16H16ClNO4S/c1-18(2)23(20,21)14-8-5-7-12(10-14)16(19)22-11-13-6-3-4-9-15(13)17/h3-10H,11H2,1-2H3. The maximum atomic E-state index is 12.1. The van der Waals surface area contributed by atoms with E-state index in [-0.39, 0.29) is 17.1 Å². The number of benzene rings is 2. The third-order valence-electron chi connectivity index (χ3n) is 3.16. The number of ether oxygens (including phenoxy) is 1. The predicted molar refractivity (Wildman–Crippen MR) is 87.9 cm³/mol. The Morgan fingerprint density at radius 3 is 2.48 bits per heavy atom. The number of carbonyl (C=O) groups excluding carboxylic acids is 1. The number of esters is 1. The van der Waals surface area contributed by atoms with Crippen LogP contribution in [0.2, 0.25) is 5.02 Å². The van der Waals surface area contributed by atoms with Crippen LogP contribution in [-0.4, -0.2) is 32.8 Å². The topological polar surface area (TPSA) is 63.7 Å². The normalized spacial score (nSPS) is 11.5.